The zero-order valence-corrected chi connectivity index (χ0v) is 10.9. The molecule has 0 aliphatic carbocycles. The predicted molar refractivity (Wildman–Crippen MR) is 65.9 cm³/mol. The second-order valence-electron chi connectivity index (χ2n) is 4.55. The Labute approximate surface area is 97.0 Å². The summed E-state index contributed by atoms with van der Waals surface area (Å²) < 4.78 is 0. The van der Waals surface area contributed by atoms with Crippen LogP contribution in [0.5, 0.6) is 0 Å². The molecule has 1 amide bonds. The Kier molecular flexibility index (Phi) is 4.93. The van der Waals surface area contributed by atoms with Gasteiger partial charge in [-0.05, 0) is 25.5 Å². The smallest absolute Gasteiger partial charge is 0.241 e. The lowest BCUT2D eigenvalue weighted by Crippen LogP contribution is -2.36. The van der Waals surface area contributed by atoms with Crippen molar-refractivity contribution in [3.63, 3.8) is 0 Å². The van der Waals surface area contributed by atoms with Crippen LogP contribution in [0, 0.1) is 5.92 Å². The van der Waals surface area contributed by atoms with Crippen LogP contribution in [0.25, 0.3) is 0 Å². The van der Waals surface area contributed by atoms with Crippen molar-refractivity contribution < 1.29 is 4.79 Å². The number of hydrogen-bond donors (Lipinski definition) is 1. The Bertz CT molecular complexity index is 221. The lowest BCUT2D eigenvalue weighted by atomic mass is 10.0. The van der Waals surface area contributed by atoms with E-state index in [1.807, 2.05) is 4.90 Å². The molecule has 0 spiro atoms. The molecular weight excluding hydrogens is 208 g/mol. The SMILES string of the molecule is CSCCN1C(=O)C(CC(C)C)NC1C. The normalized spacial score (nSPS) is 26.7. The van der Waals surface area contributed by atoms with Crippen LogP contribution in [0.3, 0.4) is 0 Å². The lowest BCUT2D eigenvalue weighted by Gasteiger charge is -2.20. The fraction of sp³-hybridized carbons (Fsp3) is 0.909. The summed E-state index contributed by atoms with van der Waals surface area (Å²) in [4.78, 5) is 14.0. The van der Waals surface area contributed by atoms with Gasteiger partial charge in [0.25, 0.3) is 0 Å². The maximum Gasteiger partial charge on any atom is 0.241 e. The summed E-state index contributed by atoms with van der Waals surface area (Å²) in [6, 6.07) is 0.0434. The van der Waals surface area contributed by atoms with Crippen LogP contribution in [-0.4, -0.2) is 41.6 Å². The number of nitrogens with zero attached hydrogens (tertiary/aromatic N) is 1. The number of carbonyl (C=O) groups excluding carboxylic acids is 1. The third-order valence-electron chi connectivity index (χ3n) is 2.73. The average Bonchev–Trinajstić information content (AvgIpc) is 2.39. The molecule has 1 N–H and O–H groups in total. The van der Waals surface area contributed by atoms with E-state index in [0.717, 1.165) is 18.7 Å². The molecule has 0 radical (unpaired) electrons. The number of nitrogens with one attached hydrogen (secondary N) is 1. The van der Waals surface area contributed by atoms with Crippen LogP contribution in [0.15, 0.2) is 0 Å². The van der Waals surface area contributed by atoms with E-state index < -0.39 is 0 Å². The van der Waals surface area contributed by atoms with Gasteiger partial charge in [0.15, 0.2) is 0 Å². The van der Waals surface area contributed by atoms with E-state index in [4.69, 9.17) is 0 Å². The molecule has 2 atom stereocenters. The fourth-order valence-corrected chi connectivity index (χ4v) is 2.36. The quantitative estimate of drug-likeness (QED) is 0.777. The van der Waals surface area contributed by atoms with E-state index in [-0.39, 0.29) is 18.1 Å². The van der Waals surface area contributed by atoms with Crippen molar-refractivity contribution in [3.05, 3.63) is 0 Å². The van der Waals surface area contributed by atoms with E-state index in [9.17, 15) is 4.79 Å². The highest BCUT2D eigenvalue weighted by molar-refractivity contribution is 7.98. The van der Waals surface area contributed by atoms with E-state index in [1.54, 1.807) is 11.8 Å². The zero-order chi connectivity index (χ0) is 11.4. The molecule has 0 aromatic carbocycles. The highest BCUT2D eigenvalue weighted by Crippen LogP contribution is 2.16. The summed E-state index contributed by atoms with van der Waals surface area (Å²) in [7, 11) is 0. The van der Waals surface area contributed by atoms with E-state index in [2.05, 4.69) is 32.3 Å². The van der Waals surface area contributed by atoms with E-state index >= 15 is 0 Å². The molecule has 1 aliphatic rings. The Balaban J connectivity index is 2.50. The monoisotopic (exact) mass is 230 g/mol. The van der Waals surface area contributed by atoms with Crippen molar-refractivity contribution in [1.29, 1.82) is 0 Å². The minimum atomic E-state index is 0.0434. The maximum atomic E-state index is 12.0. The van der Waals surface area contributed by atoms with Crippen molar-refractivity contribution in [1.82, 2.24) is 10.2 Å². The molecule has 3 nitrogen and oxygen atoms in total. The third-order valence-corrected chi connectivity index (χ3v) is 3.33. The summed E-state index contributed by atoms with van der Waals surface area (Å²) in [5.41, 5.74) is 0. The molecule has 0 aromatic rings. The molecule has 4 heteroatoms. The molecule has 0 bridgehead atoms. The van der Waals surface area contributed by atoms with Crippen molar-refractivity contribution in [3.8, 4) is 0 Å². The van der Waals surface area contributed by atoms with Gasteiger partial charge in [0.2, 0.25) is 5.91 Å². The molecule has 0 aromatic heterocycles. The van der Waals surface area contributed by atoms with Crippen LogP contribution in [0.4, 0.5) is 0 Å². The summed E-state index contributed by atoms with van der Waals surface area (Å²) in [5, 5.41) is 3.36. The number of amides is 1. The van der Waals surface area contributed by atoms with Gasteiger partial charge in [-0.2, -0.15) is 11.8 Å². The van der Waals surface area contributed by atoms with Gasteiger partial charge in [-0.15, -0.1) is 0 Å². The Morgan fingerprint density at radius 2 is 2.20 bits per heavy atom. The first kappa shape index (κ1) is 12.8. The summed E-state index contributed by atoms with van der Waals surface area (Å²) >= 11 is 1.79. The minimum Gasteiger partial charge on any atom is -0.325 e. The standard InChI is InChI=1S/C11H22N2OS/c1-8(2)7-10-11(14)13(5-6-15-4)9(3)12-10/h8-10,12H,5-7H2,1-4H3. The molecule has 1 rings (SSSR count). The highest BCUT2D eigenvalue weighted by Gasteiger charge is 2.35. The zero-order valence-electron chi connectivity index (χ0n) is 10.1. The molecule has 2 unspecified atom stereocenters. The van der Waals surface area contributed by atoms with Gasteiger partial charge in [0.1, 0.15) is 0 Å². The largest absolute Gasteiger partial charge is 0.325 e. The third kappa shape index (κ3) is 3.38. The second-order valence-corrected chi connectivity index (χ2v) is 5.53. The first-order valence-electron chi connectivity index (χ1n) is 5.61. The molecule has 1 saturated heterocycles. The van der Waals surface area contributed by atoms with Gasteiger partial charge < -0.3 is 4.90 Å². The topological polar surface area (TPSA) is 32.3 Å². The molecule has 0 saturated carbocycles. The van der Waals surface area contributed by atoms with Crippen molar-refractivity contribution in [2.45, 2.75) is 39.4 Å². The van der Waals surface area contributed by atoms with Gasteiger partial charge in [0, 0.05) is 12.3 Å². The van der Waals surface area contributed by atoms with Gasteiger partial charge in [-0.3, -0.25) is 10.1 Å². The van der Waals surface area contributed by atoms with Crippen molar-refractivity contribution in [2.75, 3.05) is 18.6 Å². The molecule has 88 valence electrons. The minimum absolute atomic E-state index is 0.0434. The van der Waals surface area contributed by atoms with Gasteiger partial charge >= 0.3 is 0 Å². The Morgan fingerprint density at radius 1 is 1.53 bits per heavy atom. The summed E-state index contributed by atoms with van der Waals surface area (Å²) in [6.07, 6.45) is 3.22. The second kappa shape index (κ2) is 5.75. The average molecular weight is 230 g/mol. The predicted octanol–water partition coefficient (Wildman–Crippen LogP) is 1.54. The van der Waals surface area contributed by atoms with Crippen LogP contribution in [0.1, 0.15) is 27.2 Å². The summed E-state index contributed by atoms with van der Waals surface area (Å²) in [5.74, 6) is 1.87. The number of hydrogen-bond acceptors (Lipinski definition) is 3. The first-order valence-corrected chi connectivity index (χ1v) is 7.01. The van der Waals surface area contributed by atoms with Crippen LogP contribution in [0.2, 0.25) is 0 Å². The molecule has 1 heterocycles. The number of carbonyl (C=O) groups is 1. The highest BCUT2D eigenvalue weighted by atomic mass is 32.2. The van der Waals surface area contributed by atoms with Gasteiger partial charge in [0.05, 0.1) is 12.2 Å². The number of thioether (sulfide) groups is 1. The van der Waals surface area contributed by atoms with Crippen molar-refractivity contribution in [2.24, 2.45) is 5.92 Å². The molecule has 1 fully saturated rings. The lowest BCUT2D eigenvalue weighted by molar-refractivity contribution is -0.129. The molecule has 15 heavy (non-hydrogen) atoms. The fourth-order valence-electron chi connectivity index (χ4n) is 1.98. The van der Waals surface area contributed by atoms with Gasteiger partial charge in [-0.1, -0.05) is 13.8 Å². The van der Waals surface area contributed by atoms with Crippen LogP contribution in [-0.2, 0) is 4.79 Å². The summed E-state index contributed by atoms with van der Waals surface area (Å²) in [6.45, 7) is 7.25. The van der Waals surface area contributed by atoms with E-state index in [1.165, 1.54) is 0 Å². The Morgan fingerprint density at radius 3 is 2.73 bits per heavy atom. The van der Waals surface area contributed by atoms with Crippen molar-refractivity contribution >= 4 is 17.7 Å². The van der Waals surface area contributed by atoms with E-state index in [0.29, 0.717) is 5.92 Å². The van der Waals surface area contributed by atoms with Crippen LogP contribution >= 0.6 is 11.8 Å². The Hall–Kier alpha value is -0.220. The first-order chi connectivity index (χ1) is 7.06. The molecular formula is C11H22N2OS. The van der Waals surface area contributed by atoms with Crippen LogP contribution < -0.4 is 5.32 Å². The number of rotatable bonds is 5. The maximum absolute atomic E-state index is 12.0. The molecule has 1 aliphatic heterocycles. The van der Waals surface area contributed by atoms with Gasteiger partial charge in [-0.25, -0.2) is 0 Å².